The van der Waals surface area contributed by atoms with E-state index in [-0.39, 0.29) is 18.4 Å². The highest BCUT2D eigenvalue weighted by molar-refractivity contribution is 9.11. The zero-order valence-corrected chi connectivity index (χ0v) is 14.5. The number of carboxylic acid groups (broad SMARTS) is 1. The Labute approximate surface area is 140 Å². The molecule has 1 amide bonds. The van der Waals surface area contributed by atoms with Crippen molar-refractivity contribution in [2.24, 2.45) is 5.92 Å². The van der Waals surface area contributed by atoms with Crippen LogP contribution in [0.15, 0.2) is 27.1 Å². The number of carbonyl (C=O) groups excluding carboxylic acids is 1. The summed E-state index contributed by atoms with van der Waals surface area (Å²) in [5.74, 6) is -1.29. The molecule has 21 heavy (non-hydrogen) atoms. The van der Waals surface area contributed by atoms with Gasteiger partial charge in [0.05, 0.1) is 18.2 Å². The second kappa shape index (κ2) is 7.38. The Kier molecular flexibility index (Phi) is 5.78. The third-order valence-corrected chi connectivity index (χ3v) is 4.58. The van der Waals surface area contributed by atoms with Crippen LogP contribution in [-0.2, 0) is 9.59 Å². The van der Waals surface area contributed by atoms with Crippen LogP contribution in [0, 0.1) is 5.92 Å². The number of halogens is 2. The number of rotatable bonds is 4. The fourth-order valence-electron chi connectivity index (χ4n) is 2.38. The van der Waals surface area contributed by atoms with Crippen molar-refractivity contribution in [3.8, 4) is 0 Å². The average molecular weight is 420 g/mol. The summed E-state index contributed by atoms with van der Waals surface area (Å²) in [6.45, 7) is 1.41. The highest BCUT2D eigenvalue weighted by Crippen LogP contribution is 2.26. The SMILES string of the molecule is O=C(CN1CCCC(C(=O)O)C1)Nc1ccc(Br)cc1Br. The van der Waals surface area contributed by atoms with Gasteiger partial charge in [0.25, 0.3) is 0 Å². The topological polar surface area (TPSA) is 69.6 Å². The van der Waals surface area contributed by atoms with Gasteiger partial charge in [-0.05, 0) is 53.5 Å². The van der Waals surface area contributed by atoms with E-state index < -0.39 is 5.97 Å². The van der Waals surface area contributed by atoms with Gasteiger partial charge in [0.2, 0.25) is 5.91 Å². The number of carboxylic acids is 1. The van der Waals surface area contributed by atoms with Gasteiger partial charge < -0.3 is 10.4 Å². The van der Waals surface area contributed by atoms with Gasteiger partial charge in [-0.3, -0.25) is 14.5 Å². The number of nitrogens with one attached hydrogen (secondary N) is 1. The maximum absolute atomic E-state index is 12.1. The fraction of sp³-hybridized carbons (Fsp3) is 0.429. The predicted octanol–water partition coefficient (Wildman–Crippen LogP) is 2.95. The van der Waals surface area contributed by atoms with Crippen molar-refractivity contribution in [2.75, 3.05) is 25.0 Å². The van der Waals surface area contributed by atoms with Gasteiger partial charge in [0.15, 0.2) is 0 Å². The Morgan fingerprint density at radius 1 is 1.38 bits per heavy atom. The average Bonchev–Trinajstić information content (AvgIpc) is 2.42. The molecule has 1 fully saturated rings. The number of benzene rings is 1. The van der Waals surface area contributed by atoms with E-state index >= 15 is 0 Å². The van der Waals surface area contributed by atoms with Gasteiger partial charge in [0, 0.05) is 15.5 Å². The minimum Gasteiger partial charge on any atom is -0.481 e. The number of aliphatic carboxylic acids is 1. The first-order chi connectivity index (χ1) is 9.95. The highest BCUT2D eigenvalue weighted by atomic mass is 79.9. The summed E-state index contributed by atoms with van der Waals surface area (Å²) in [5.41, 5.74) is 0.704. The van der Waals surface area contributed by atoms with Gasteiger partial charge in [-0.25, -0.2) is 0 Å². The number of hydrogen-bond donors (Lipinski definition) is 2. The smallest absolute Gasteiger partial charge is 0.307 e. The Morgan fingerprint density at radius 2 is 2.14 bits per heavy atom. The quantitative estimate of drug-likeness (QED) is 0.787. The second-order valence-electron chi connectivity index (χ2n) is 5.08. The Hall–Kier alpha value is -0.920. The van der Waals surface area contributed by atoms with Crippen molar-refractivity contribution >= 4 is 49.4 Å². The number of carbonyl (C=O) groups is 2. The first-order valence-electron chi connectivity index (χ1n) is 6.66. The maximum Gasteiger partial charge on any atom is 0.307 e. The molecule has 1 aliphatic rings. The molecule has 1 heterocycles. The minimum absolute atomic E-state index is 0.135. The van der Waals surface area contributed by atoms with Crippen LogP contribution in [0.2, 0.25) is 0 Å². The van der Waals surface area contributed by atoms with Gasteiger partial charge in [-0.1, -0.05) is 15.9 Å². The lowest BCUT2D eigenvalue weighted by atomic mass is 9.98. The molecule has 1 atom stereocenters. The molecule has 5 nitrogen and oxygen atoms in total. The van der Waals surface area contributed by atoms with Crippen LogP contribution < -0.4 is 5.32 Å². The summed E-state index contributed by atoms with van der Waals surface area (Å²) < 4.78 is 1.72. The molecule has 1 aromatic rings. The Balaban J connectivity index is 1.91. The number of hydrogen-bond acceptors (Lipinski definition) is 3. The number of likely N-dealkylation sites (tertiary alicyclic amines) is 1. The van der Waals surface area contributed by atoms with Crippen molar-refractivity contribution in [1.82, 2.24) is 4.90 Å². The van der Waals surface area contributed by atoms with Crippen molar-refractivity contribution in [3.05, 3.63) is 27.1 Å². The summed E-state index contributed by atoms with van der Waals surface area (Å²) in [7, 11) is 0. The van der Waals surface area contributed by atoms with E-state index in [2.05, 4.69) is 37.2 Å². The molecule has 0 saturated carbocycles. The van der Waals surface area contributed by atoms with E-state index in [4.69, 9.17) is 5.11 Å². The van der Waals surface area contributed by atoms with Gasteiger partial charge in [-0.15, -0.1) is 0 Å². The standard InChI is InChI=1S/C14H16Br2N2O3/c15-10-3-4-12(11(16)6-10)17-13(19)8-18-5-1-2-9(7-18)14(20)21/h3-4,6,9H,1-2,5,7-8H2,(H,17,19)(H,20,21). The van der Waals surface area contributed by atoms with Crippen LogP contribution in [-0.4, -0.2) is 41.5 Å². The molecule has 0 radical (unpaired) electrons. The van der Waals surface area contributed by atoms with E-state index in [1.165, 1.54) is 0 Å². The van der Waals surface area contributed by atoms with Crippen LogP contribution >= 0.6 is 31.9 Å². The molecule has 7 heteroatoms. The molecule has 114 valence electrons. The van der Waals surface area contributed by atoms with Gasteiger partial charge in [0.1, 0.15) is 0 Å². The molecule has 1 aromatic carbocycles. The third kappa shape index (κ3) is 4.79. The van der Waals surface area contributed by atoms with E-state index in [0.29, 0.717) is 18.7 Å². The second-order valence-corrected chi connectivity index (χ2v) is 6.85. The molecule has 0 spiro atoms. The fourth-order valence-corrected chi connectivity index (χ4v) is 3.53. The summed E-state index contributed by atoms with van der Waals surface area (Å²) in [5, 5.41) is 11.9. The third-order valence-electron chi connectivity index (χ3n) is 3.43. The van der Waals surface area contributed by atoms with Crippen LogP contribution in [0.4, 0.5) is 5.69 Å². The first kappa shape index (κ1) is 16.5. The molecule has 0 aliphatic carbocycles. The van der Waals surface area contributed by atoms with Crippen molar-refractivity contribution in [3.63, 3.8) is 0 Å². The molecule has 2 N–H and O–H groups in total. The number of amides is 1. The largest absolute Gasteiger partial charge is 0.481 e. The molecule has 0 aromatic heterocycles. The maximum atomic E-state index is 12.1. The van der Waals surface area contributed by atoms with E-state index in [0.717, 1.165) is 21.9 Å². The first-order valence-corrected chi connectivity index (χ1v) is 8.24. The lowest BCUT2D eigenvalue weighted by molar-refractivity contribution is -0.144. The van der Waals surface area contributed by atoms with Gasteiger partial charge >= 0.3 is 5.97 Å². The summed E-state index contributed by atoms with van der Waals surface area (Å²) >= 11 is 6.75. The number of anilines is 1. The molecule has 1 saturated heterocycles. The highest BCUT2D eigenvalue weighted by Gasteiger charge is 2.26. The molecule has 1 aliphatic heterocycles. The van der Waals surface area contributed by atoms with Crippen LogP contribution in [0.25, 0.3) is 0 Å². The molecule has 1 unspecified atom stereocenters. The zero-order valence-electron chi connectivity index (χ0n) is 11.3. The molecule has 0 bridgehead atoms. The summed E-state index contributed by atoms with van der Waals surface area (Å²) in [6.07, 6.45) is 1.50. The number of piperidine rings is 1. The van der Waals surface area contributed by atoms with Crippen LogP contribution in [0.1, 0.15) is 12.8 Å². The van der Waals surface area contributed by atoms with E-state index in [1.807, 2.05) is 23.1 Å². The normalized spacial score (nSPS) is 19.2. The Morgan fingerprint density at radius 3 is 2.81 bits per heavy atom. The minimum atomic E-state index is -0.782. The predicted molar refractivity (Wildman–Crippen MR) is 87.3 cm³/mol. The lowest BCUT2D eigenvalue weighted by Gasteiger charge is -2.29. The Bertz CT molecular complexity index is 551. The van der Waals surface area contributed by atoms with Gasteiger partial charge in [-0.2, -0.15) is 0 Å². The van der Waals surface area contributed by atoms with Crippen molar-refractivity contribution in [1.29, 1.82) is 0 Å². The van der Waals surface area contributed by atoms with Crippen LogP contribution in [0.3, 0.4) is 0 Å². The monoisotopic (exact) mass is 418 g/mol. The molecule has 2 rings (SSSR count). The molecular formula is C14H16Br2N2O3. The zero-order chi connectivity index (χ0) is 15.4. The molecular weight excluding hydrogens is 404 g/mol. The van der Waals surface area contributed by atoms with E-state index in [9.17, 15) is 9.59 Å². The van der Waals surface area contributed by atoms with Crippen molar-refractivity contribution in [2.45, 2.75) is 12.8 Å². The van der Waals surface area contributed by atoms with E-state index in [1.54, 1.807) is 0 Å². The number of nitrogens with zero attached hydrogens (tertiary/aromatic N) is 1. The summed E-state index contributed by atoms with van der Waals surface area (Å²) in [4.78, 5) is 25.0. The lowest BCUT2D eigenvalue weighted by Crippen LogP contribution is -2.42. The van der Waals surface area contributed by atoms with Crippen molar-refractivity contribution < 1.29 is 14.7 Å². The van der Waals surface area contributed by atoms with Crippen LogP contribution in [0.5, 0.6) is 0 Å². The summed E-state index contributed by atoms with van der Waals surface area (Å²) in [6, 6.07) is 5.51.